The van der Waals surface area contributed by atoms with E-state index in [-0.39, 0.29) is 5.91 Å². The van der Waals surface area contributed by atoms with Crippen molar-refractivity contribution in [3.63, 3.8) is 0 Å². The lowest BCUT2D eigenvalue weighted by Gasteiger charge is -2.45. The monoisotopic (exact) mass is 365 g/mol. The molecule has 0 aromatic carbocycles. The smallest absolute Gasteiger partial charge is 0.265 e. The molecule has 2 atom stereocenters. The van der Waals surface area contributed by atoms with Gasteiger partial charge in [0.25, 0.3) is 5.91 Å². The predicted molar refractivity (Wildman–Crippen MR) is 101 cm³/mol. The van der Waals surface area contributed by atoms with Crippen molar-refractivity contribution in [2.45, 2.75) is 52.0 Å². The summed E-state index contributed by atoms with van der Waals surface area (Å²) < 4.78 is 5.27. The molecule has 140 valence electrons. The molecule has 2 fully saturated rings. The van der Waals surface area contributed by atoms with Gasteiger partial charge < -0.3 is 14.5 Å². The van der Waals surface area contributed by atoms with Crippen molar-refractivity contribution in [2.24, 2.45) is 5.92 Å². The Kier molecular flexibility index (Phi) is 6.47. The van der Waals surface area contributed by atoms with Gasteiger partial charge in [0.05, 0.1) is 17.3 Å². The van der Waals surface area contributed by atoms with E-state index >= 15 is 0 Å². The molecule has 2 aliphatic rings. The van der Waals surface area contributed by atoms with E-state index in [2.05, 4.69) is 9.88 Å². The summed E-state index contributed by atoms with van der Waals surface area (Å²) in [6.07, 6.45) is 6.44. The maximum absolute atomic E-state index is 13.1. The van der Waals surface area contributed by atoms with Crippen molar-refractivity contribution < 1.29 is 9.53 Å². The lowest BCUT2D eigenvalue weighted by molar-refractivity contribution is 0.0317. The van der Waals surface area contributed by atoms with E-state index in [4.69, 9.17) is 4.74 Å². The molecule has 0 N–H and O–H groups in total. The van der Waals surface area contributed by atoms with Crippen LogP contribution in [-0.4, -0.2) is 66.6 Å². The highest BCUT2D eigenvalue weighted by atomic mass is 32.1. The Balaban J connectivity index is 1.73. The average molecular weight is 366 g/mol. The molecule has 2 unspecified atom stereocenters. The van der Waals surface area contributed by atoms with E-state index in [1.165, 1.54) is 56.5 Å². The number of carbonyl (C=O) groups excluding carboxylic acids is 1. The highest BCUT2D eigenvalue weighted by Crippen LogP contribution is 2.32. The van der Waals surface area contributed by atoms with Crippen LogP contribution in [0, 0.1) is 19.8 Å². The van der Waals surface area contributed by atoms with Crippen LogP contribution in [0.2, 0.25) is 0 Å². The molecule has 1 aromatic heterocycles. The number of fused-ring (bicyclic) bond motifs is 1. The number of carbonyl (C=O) groups is 1. The van der Waals surface area contributed by atoms with Gasteiger partial charge in [-0.1, -0.05) is 6.42 Å². The summed E-state index contributed by atoms with van der Waals surface area (Å²) >= 11 is 1.52. The fourth-order valence-corrected chi connectivity index (χ4v) is 5.31. The van der Waals surface area contributed by atoms with Gasteiger partial charge in [0, 0.05) is 26.2 Å². The van der Waals surface area contributed by atoms with Gasteiger partial charge in [-0.15, -0.1) is 11.3 Å². The summed E-state index contributed by atoms with van der Waals surface area (Å²) in [4.78, 5) is 23.1. The van der Waals surface area contributed by atoms with Crippen LogP contribution in [0.3, 0.4) is 0 Å². The third kappa shape index (κ3) is 4.41. The second-order valence-corrected chi connectivity index (χ2v) is 8.60. The first-order chi connectivity index (χ1) is 12.1. The van der Waals surface area contributed by atoms with Crippen LogP contribution < -0.4 is 0 Å². The molecule has 0 radical (unpaired) electrons. The van der Waals surface area contributed by atoms with Crippen molar-refractivity contribution >= 4 is 17.2 Å². The first-order valence-corrected chi connectivity index (χ1v) is 10.4. The van der Waals surface area contributed by atoms with Crippen LogP contribution in [-0.2, 0) is 4.74 Å². The van der Waals surface area contributed by atoms with E-state index in [0.717, 1.165) is 22.1 Å². The molecule has 0 aliphatic carbocycles. The van der Waals surface area contributed by atoms with E-state index in [1.807, 2.05) is 18.7 Å². The summed E-state index contributed by atoms with van der Waals surface area (Å²) in [7, 11) is 1.70. The topological polar surface area (TPSA) is 45.7 Å². The van der Waals surface area contributed by atoms with Crippen LogP contribution in [0.15, 0.2) is 0 Å². The van der Waals surface area contributed by atoms with Gasteiger partial charge in [-0.05, 0) is 58.5 Å². The van der Waals surface area contributed by atoms with Gasteiger partial charge in [0.2, 0.25) is 0 Å². The molecule has 6 heteroatoms. The summed E-state index contributed by atoms with van der Waals surface area (Å²) in [6.45, 7) is 8.47. The Morgan fingerprint density at radius 3 is 2.80 bits per heavy atom. The van der Waals surface area contributed by atoms with Crippen molar-refractivity contribution in [3.05, 3.63) is 15.6 Å². The number of ether oxygens (including phenoxy) is 1. The Labute approximate surface area is 155 Å². The molecular weight excluding hydrogens is 334 g/mol. The van der Waals surface area contributed by atoms with Gasteiger partial charge in [-0.2, -0.15) is 0 Å². The number of thiazole rings is 1. The maximum Gasteiger partial charge on any atom is 0.265 e. The minimum absolute atomic E-state index is 0.132. The summed E-state index contributed by atoms with van der Waals surface area (Å²) in [5, 5.41) is 0.962. The fourth-order valence-electron chi connectivity index (χ4n) is 4.42. The number of methoxy groups -OCH3 is 1. The molecule has 1 amide bonds. The number of piperidine rings is 2. The van der Waals surface area contributed by atoms with Crippen molar-refractivity contribution in [1.29, 1.82) is 0 Å². The molecule has 5 nitrogen and oxygen atoms in total. The van der Waals surface area contributed by atoms with Crippen LogP contribution >= 0.6 is 11.3 Å². The number of amides is 1. The standard InChI is InChI=1S/C19H31N3O2S/c1-14-18(25-15(2)20-14)19(23)22(11-12-24-3)13-16-7-6-10-21-9-5-4-8-17(16)21/h16-17H,4-13H2,1-3H3. The predicted octanol–water partition coefficient (Wildman–Crippen LogP) is 3.11. The van der Waals surface area contributed by atoms with Crippen LogP contribution in [0.5, 0.6) is 0 Å². The number of rotatable bonds is 6. The van der Waals surface area contributed by atoms with E-state index in [1.54, 1.807) is 7.11 Å². The Morgan fingerprint density at radius 1 is 1.28 bits per heavy atom. The van der Waals surface area contributed by atoms with Gasteiger partial charge >= 0.3 is 0 Å². The number of nitrogens with zero attached hydrogens (tertiary/aromatic N) is 3. The van der Waals surface area contributed by atoms with Gasteiger partial charge in [0.1, 0.15) is 4.88 Å². The van der Waals surface area contributed by atoms with Crippen LogP contribution in [0.1, 0.15) is 52.5 Å². The number of hydrogen-bond acceptors (Lipinski definition) is 5. The molecule has 0 saturated carbocycles. The quantitative estimate of drug-likeness (QED) is 0.777. The number of hydrogen-bond donors (Lipinski definition) is 0. The summed E-state index contributed by atoms with van der Waals surface area (Å²) in [6, 6.07) is 0.657. The van der Waals surface area contributed by atoms with E-state index in [9.17, 15) is 4.79 Å². The molecule has 3 rings (SSSR count). The lowest BCUT2D eigenvalue weighted by atomic mass is 9.83. The third-order valence-electron chi connectivity index (χ3n) is 5.63. The fraction of sp³-hybridized carbons (Fsp3) is 0.789. The Bertz CT molecular complexity index is 587. The molecule has 2 aliphatic heterocycles. The molecule has 2 saturated heterocycles. The number of aromatic nitrogens is 1. The highest BCUT2D eigenvalue weighted by Gasteiger charge is 2.35. The number of aryl methyl sites for hydroxylation is 2. The van der Waals surface area contributed by atoms with Crippen molar-refractivity contribution in [1.82, 2.24) is 14.8 Å². The minimum Gasteiger partial charge on any atom is -0.383 e. The largest absolute Gasteiger partial charge is 0.383 e. The highest BCUT2D eigenvalue weighted by molar-refractivity contribution is 7.13. The molecule has 1 aromatic rings. The Hall–Kier alpha value is -0.980. The molecule has 0 bridgehead atoms. The molecule has 0 spiro atoms. The SMILES string of the molecule is COCCN(CC1CCCN2CCCCC12)C(=O)c1sc(C)nc1C. The summed E-state index contributed by atoms with van der Waals surface area (Å²) in [5.41, 5.74) is 0.859. The maximum atomic E-state index is 13.1. The average Bonchev–Trinajstić information content (AvgIpc) is 2.96. The first kappa shape index (κ1) is 18.8. The van der Waals surface area contributed by atoms with E-state index < -0.39 is 0 Å². The summed E-state index contributed by atoms with van der Waals surface area (Å²) in [5.74, 6) is 0.720. The molecular formula is C19H31N3O2S. The minimum atomic E-state index is 0.132. The molecule has 3 heterocycles. The van der Waals surface area contributed by atoms with E-state index in [0.29, 0.717) is 25.1 Å². The zero-order valence-electron chi connectivity index (χ0n) is 15.8. The molecule has 25 heavy (non-hydrogen) atoms. The van der Waals surface area contributed by atoms with Crippen molar-refractivity contribution in [3.8, 4) is 0 Å². The second-order valence-electron chi connectivity index (χ2n) is 7.39. The normalized spacial score (nSPS) is 24.1. The van der Waals surface area contributed by atoms with Gasteiger partial charge in [-0.25, -0.2) is 4.98 Å². The lowest BCUT2D eigenvalue weighted by Crippen LogP contribution is -2.52. The third-order valence-corrected chi connectivity index (χ3v) is 6.69. The van der Waals surface area contributed by atoms with Crippen molar-refractivity contribution in [2.75, 3.05) is 39.9 Å². The van der Waals surface area contributed by atoms with Crippen LogP contribution in [0.25, 0.3) is 0 Å². The first-order valence-electron chi connectivity index (χ1n) is 9.56. The Morgan fingerprint density at radius 2 is 2.08 bits per heavy atom. The second kappa shape index (κ2) is 8.60. The van der Waals surface area contributed by atoms with Crippen LogP contribution in [0.4, 0.5) is 0 Å². The van der Waals surface area contributed by atoms with Gasteiger partial charge in [0.15, 0.2) is 0 Å². The zero-order chi connectivity index (χ0) is 17.8. The van der Waals surface area contributed by atoms with Gasteiger partial charge in [-0.3, -0.25) is 4.79 Å². The zero-order valence-corrected chi connectivity index (χ0v) is 16.6.